The Kier molecular flexibility index (Phi) is 4.29. The summed E-state index contributed by atoms with van der Waals surface area (Å²) in [7, 11) is -3.71. The minimum Gasteiger partial charge on any atom is -0.316 e. The molecule has 2 aromatic carbocycles. The van der Waals surface area contributed by atoms with Gasteiger partial charge in [0.1, 0.15) is 0 Å². The van der Waals surface area contributed by atoms with Crippen molar-refractivity contribution in [1.82, 2.24) is 9.45 Å². The minimum atomic E-state index is -3.71. The molecular formula is C16H15BrN2O3S. The molecule has 0 spiro atoms. The van der Waals surface area contributed by atoms with Gasteiger partial charge in [-0.2, -0.15) is 0 Å². The molecule has 0 aliphatic rings. The van der Waals surface area contributed by atoms with E-state index in [0.29, 0.717) is 11.2 Å². The molecule has 0 aliphatic carbocycles. The van der Waals surface area contributed by atoms with Gasteiger partial charge in [-0.05, 0) is 42.8 Å². The predicted molar refractivity (Wildman–Crippen MR) is 92.0 cm³/mol. The van der Waals surface area contributed by atoms with Crippen molar-refractivity contribution in [1.29, 1.82) is 0 Å². The molecule has 0 fully saturated rings. The summed E-state index contributed by atoms with van der Waals surface area (Å²) in [6.45, 7) is 1.90. The molecule has 0 atom stereocenters. The average molecular weight is 395 g/mol. The van der Waals surface area contributed by atoms with Gasteiger partial charge in [0.25, 0.3) is 10.0 Å². The van der Waals surface area contributed by atoms with Crippen LogP contribution in [0.5, 0.6) is 0 Å². The maximum Gasteiger partial charge on any atom is 0.268 e. The molecule has 0 saturated heterocycles. The van der Waals surface area contributed by atoms with Crippen molar-refractivity contribution in [2.24, 2.45) is 0 Å². The van der Waals surface area contributed by atoms with Gasteiger partial charge in [0.05, 0.1) is 10.4 Å². The third-order valence-electron chi connectivity index (χ3n) is 3.78. The number of nitrogens with zero attached hydrogens (tertiary/aromatic N) is 1. The standard InChI is InChI=1S/C16H15BrN2O3S/c1-11-15(10-18-20)14-9-12(17)7-8-16(14)19(11)23(21,22)13-5-3-2-4-6-13/h2-9,18,20H,10H2,1H3. The van der Waals surface area contributed by atoms with Gasteiger partial charge in [-0.1, -0.05) is 34.1 Å². The molecule has 0 saturated carbocycles. The zero-order valence-electron chi connectivity index (χ0n) is 12.3. The summed E-state index contributed by atoms with van der Waals surface area (Å²) in [4.78, 5) is 0.228. The highest BCUT2D eigenvalue weighted by Crippen LogP contribution is 2.31. The van der Waals surface area contributed by atoms with E-state index in [4.69, 9.17) is 5.21 Å². The Hall–Kier alpha value is -1.67. The van der Waals surface area contributed by atoms with Gasteiger partial charge in [-0.15, -0.1) is 0 Å². The van der Waals surface area contributed by atoms with E-state index in [-0.39, 0.29) is 11.4 Å². The van der Waals surface area contributed by atoms with Crippen LogP contribution in [0.15, 0.2) is 57.9 Å². The van der Waals surface area contributed by atoms with Crippen LogP contribution >= 0.6 is 15.9 Å². The molecule has 0 unspecified atom stereocenters. The van der Waals surface area contributed by atoms with E-state index in [0.717, 1.165) is 15.4 Å². The van der Waals surface area contributed by atoms with E-state index in [9.17, 15) is 8.42 Å². The van der Waals surface area contributed by atoms with Gasteiger partial charge >= 0.3 is 0 Å². The van der Waals surface area contributed by atoms with E-state index in [1.54, 1.807) is 49.4 Å². The monoisotopic (exact) mass is 394 g/mol. The number of fused-ring (bicyclic) bond motifs is 1. The Morgan fingerprint density at radius 1 is 1.17 bits per heavy atom. The molecule has 0 radical (unpaired) electrons. The first-order valence-corrected chi connectivity index (χ1v) is 9.17. The van der Waals surface area contributed by atoms with Crippen LogP contribution in [0.3, 0.4) is 0 Å². The number of rotatable bonds is 4. The fraction of sp³-hybridized carbons (Fsp3) is 0.125. The SMILES string of the molecule is Cc1c(CNO)c2cc(Br)ccc2n1S(=O)(=O)c1ccccc1. The second-order valence-corrected chi connectivity index (χ2v) is 7.85. The van der Waals surface area contributed by atoms with Crippen molar-refractivity contribution < 1.29 is 13.6 Å². The first-order chi connectivity index (χ1) is 11.0. The molecule has 0 amide bonds. The highest BCUT2D eigenvalue weighted by atomic mass is 79.9. The van der Waals surface area contributed by atoms with Gasteiger partial charge in [0.2, 0.25) is 0 Å². The lowest BCUT2D eigenvalue weighted by molar-refractivity contribution is 0.161. The lowest BCUT2D eigenvalue weighted by Crippen LogP contribution is -2.15. The van der Waals surface area contributed by atoms with E-state index < -0.39 is 10.0 Å². The Bertz CT molecular complexity index is 966. The van der Waals surface area contributed by atoms with Crippen molar-refractivity contribution >= 4 is 36.9 Å². The van der Waals surface area contributed by atoms with Gasteiger partial charge in [0.15, 0.2) is 0 Å². The molecule has 7 heteroatoms. The van der Waals surface area contributed by atoms with Crippen molar-refractivity contribution in [3.05, 3.63) is 64.3 Å². The Morgan fingerprint density at radius 2 is 1.87 bits per heavy atom. The van der Waals surface area contributed by atoms with Crippen LogP contribution < -0.4 is 5.48 Å². The van der Waals surface area contributed by atoms with Crippen LogP contribution in [0.2, 0.25) is 0 Å². The molecule has 0 aliphatic heterocycles. The second-order valence-electron chi connectivity index (χ2n) is 5.14. The summed E-state index contributed by atoms with van der Waals surface area (Å²) in [6, 6.07) is 13.7. The highest BCUT2D eigenvalue weighted by Gasteiger charge is 2.24. The molecule has 2 N–H and O–H groups in total. The number of aromatic nitrogens is 1. The number of hydroxylamine groups is 1. The zero-order valence-corrected chi connectivity index (χ0v) is 14.7. The molecule has 120 valence electrons. The molecule has 3 rings (SSSR count). The second kappa shape index (κ2) is 6.09. The molecule has 5 nitrogen and oxygen atoms in total. The summed E-state index contributed by atoms with van der Waals surface area (Å²) in [6.07, 6.45) is 0. The van der Waals surface area contributed by atoms with E-state index in [1.165, 1.54) is 3.97 Å². The molecule has 1 heterocycles. The summed E-state index contributed by atoms with van der Waals surface area (Å²) in [5, 5.41) is 9.86. The minimum absolute atomic E-state index is 0.163. The van der Waals surface area contributed by atoms with Crippen molar-refractivity contribution in [2.75, 3.05) is 0 Å². The maximum atomic E-state index is 13.0. The topological polar surface area (TPSA) is 71.3 Å². The van der Waals surface area contributed by atoms with Gasteiger partial charge in [-0.3, -0.25) is 0 Å². The number of nitrogens with one attached hydrogen (secondary N) is 1. The normalized spacial score (nSPS) is 12.0. The predicted octanol–water partition coefficient (Wildman–Crippen LogP) is 3.43. The van der Waals surface area contributed by atoms with Crippen molar-refractivity contribution in [3.63, 3.8) is 0 Å². The first kappa shape index (κ1) is 16.2. The average Bonchev–Trinajstić information content (AvgIpc) is 2.81. The largest absolute Gasteiger partial charge is 0.316 e. The van der Waals surface area contributed by atoms with Gasteiger partial charge < -0.3 is 5.21 Å². The maximum absolute atomic E-state index is 13.0. The fourth-order valence-corrected chi connectivity index (χ4v) is 4.70. The summed E-state index contributed by atoms with van der Waals surface area (Å²) < 4.78 is 28.3. The van der Waals surface area contributed by atoms with Crippen LogP contribution in [0.4, 0.5) is 0 Å². The Balaban J connectivity index is 2.36. The van der Waals surface area contributed by atoms with Crippen LogP contribution in [-0.2, 0) is 16.6 Å². The first-order valence-electron chi connectivity index (χ1n) is 6.94. The fourth-order valence-electron chi connectivity index (χ4n) is 2.74. The molecule has 3 aromatic rings. The van der Waals surface area contributed by atoms with E-state index in [2.05, 4.69) is 21.4 Å². The summed E-state index contributed by atoms with van der Waals surface area (Å²) in [5.74, 6) is 0. The lowest BCUT2D eigenvalue weighted by atomic mass is 10.1. The number of benzene rings is 2. The van der Waals surface area contributed by atoms with Gasteiger partial charge in [0, 0.05) is 22.1 Å². The molecule has 0 bridgehead atoms. The highest BCUT2D eigenvalue weighted by molar-refractivity contribution is 9.10. The zero-order chi connectivity index (χ0) is 16.6. The number of hydrogen-bond donors (Lipinski definition) is 2. The van der Waals surface area contributed by atoms with Crippen LogP contribution in [0.1, 0.15) is 11.3 Å². The summed E-state index contributed by atoms with van der Waals surface area (Å²) in [5.41, 5.74) is 4.01. The Labute approximate surface area is 142 Å². The van der Waals surface area contributed by atoms with Gasteiger partial charge in [-0.25, -0.2) is 17.9 Å². The van der Waals surface area contributed by atoms with Crippen molar-refractivity contribution in [2.45, 2.75) is 18.4 Å². The van der Waals surface area contributed by atoms with Crippen molar-refractivity contribution in [3.8, 4) is 0 Å². The third kappa shape index (κ3) is 2.70. The van der Waals surface area contributed by atoms with Crippen LogP contribution in [0.25, 0.3) is 10.9 Å². The quantitative estimate of drug-likeness (QED) is 0.664. The number of halogens is 1. The number of hydrogen-bond acceptors (Lipinski definition) is 4. The molecule has 1 aromatic heterocycles. The van der Waals surface area contributed by atoms with Crippen LogP contribution in [-0.4, -0.2) is 17.6 Å². The van der Waals surface area contributed by atoms with E-state index in [1.807, 2.05) is 6.07 Å². The molecule has 23 heavy (non-hydrogen) atoms. The molecular weight excluding hydrogens is 380 g/mol. The Morgan fingerprint density at radius 3 is 2.52 bits per heavy atom. The smallest absolute Gasteiger partial charge is 0.268 e. The van der Waals surface area contributed by atoms with Crippen LogP contribution in [0, 0.1) is 6.92 Å². The lowest BCUT2D eigenvalue weighted by Gasteiger charge is -2.10. The summed E-state index contributed by atoms with van der Waals surface area (Å²) >= 11 is 3.41. The van der Waals surface area contributed by atoms with E-state index >= 15 is 0 Å². The third-order valence-corrected chi connectivity index (χ3v) is 6.09.